The summed E-state index contributed by atoms with van der Waals surface area (Å²) in [5.41, 5.74) is 0.549. The van der Waals surface area contributed by atoms with Gasteiger partial charge in [-0.25, -0.2) is 12.8 Å². The van der Waals surface area contributed by atoms with Crippen molar-refractivity contribution in [3.8, 4) is 11.5 Å². The van der Waals surface area contributed by atoms with E-state index in [1.165, 1.54) is 36.4 Å². The molecule has 0 atom stereocenters. The number of carbonyl (C=O) groups excluding carboxylic acids is 1. The van der Waals surface area contributed by atoms with Crippen LogP contribution in [0.4, 0.5) is 10.1 Å². The first-order valence-corrected chi connectivity index (χ1v) is 11.4. The molecule has 0 unspecified atom stereocenters. The predicted molar refractivity (Wildman–Crippen MR) is 119 cm³/mol. The van der Waals surface area contributed by atoms with E-state index in [2.05, 4.69) is 10.0 Å². The van der Waals surface area contributed by atoms with Gasteiger partial charge in [-0.3, -0.25) is 9.52 Å². The van der Waals surface area contributed by atoms with E-state index in [-0.39, 0.29) is 29.6 Å². The van der Waals surface area contributed by atoms with Crippen LogP contribution in [0.15, 0.2) is 77.7 Å². The lowest BCUT2D eigenvalue weighted by Gasteiger charge is -2.10. The fourth-order valence-electron chi connectivity index (χ4n) is 2.75. The van der Waals surface area contributed by atoms with Crippen LogP contribution in [0, 0.1) is 5.82 Å². The molecule has 0 bridgehead atoms. The number of hydrogen-bond donors (Lipinski definition) is 2. The van der Waals surface area contributed by atoms with E-state index >= 15 is 0 Å². The van der Waals surface area contributed by atoms with E-state index in [4.69, 9.17) is 9.47 Å². The molecule has 0 radical (unpaired) electrons. The zero-order valence-electron chi connectivity index (χ0n) is 17.4. The van der Waals surface area contributed by atoms with E-state index in [1.54, 1.807) is 24.3 Å². The molecule has 0 fully saturated rings. The highest BCUT2D eigenvalue weighted by atomic mass is 32.2. The van der Waals surface area contributed by atoms with Crippen LogP contribution in [-0.4, -0.2) is 34.1 Å². The second kappa shape index (κ2) is 10.6. The Morgan fingerprint density at radius 3 is 2.06 bits per heavy atom. The Balaban J connectivity index is 1.49. The van der Waals surface area contributed by atoms with Crippen molar-refractivity contribution in [2.45, 2.75) is 11.8 Å². The number of hydrogen-bond acceptors (Lipinski definition) is 5. The van der Waals surface area contributed by atoms with Crippen LogP contribution in [0.2, 0.25) is 0 Å². The molecule has 3 rings (SSSR count). The van der Waals surface area contributed by atoms with Crippen LogP contribution in [0.3, 0.4) is 0 Å². The van der Waals surface area contributed by atoms with Crippen LogP contribution < -0.4 is 19.5 Å². The van der Waals surface area contributed by atoms with Gasteiger partial charge in [0.25, 0.3) is 15.9 Å². The summed E-state index contributed by atoms with van der Waals surface area (Å²) in [6.07, 6.45) is 0. The smallest absolute Gasteiger partial charge is 0.261 e. The summed E-state index contributed by atoms with van der Waals surface area (Å²) in [6, 6.07) is 17.6. The van der Waals surface area contributed by atoms with Gasteiger partial charge in [0.05, 0.1) is 18.0 Å². The minimum atomic E-state index is -3.86. The van der Waals surface area contributed by atoms with Crippen molar-refractivity contribution in [1.29, 1.82) is 0 Å². The number of nitrogens with one attached hydrogen (secondary N) is 2. The highest BCUT2D eigenvalue weighted by molar-refractivity contribution is 7.92. The number of benzene rings is 3. The number of carbonyl (C=O) groups is 1. The van der Waals surface area contributed by atoms with E-state index in [9.17, 15) is 17.6 Å². The summed E-state index contributed by atoms with van der Waals surface area (Å²) >= 11 is 0. The highest BCUT2D eigenvalue weighted by Gasteiger charge is 2.15. The van der Waals surface area contributed by atoms with E-state index in [1.807, 2.05) is 6.92 Å². The van der Waals surface area contributed by atoms with E-state index in [0.717, 1.165) is 17.9 Å². The third-order valence-electron chi connectivity index (χ3n) is 4.31. The van der Waals surface area contributed by atoms with Gasteiger partial charge in [0.2, 0.25) is 0 Å². The predicted octanol–water partition coefficient (Wildman–Crippen LogP) is 3.83. The van der Waals surface area contributed by atoms with Gasteiger partial charge in [-0.2, -0.15) is 0 Å². The quantitative estimate of drug-likeness (QED) is 0.451. The second-order valence-corrected chi connectivity index (χ2v) is 8.33. The van der Waals surface area contributed by atoms with Gasteiger partial charge in [-0.05, 0) is 79.7 Å². The first kappa shape index (κ1) is 23.1. The molecular weight excluding hydrogens is 435 g/mol. The lowest BCUT2D eigenvalue weighted by Crippen LogP contribution is -2.28. The van der Waals surface area contributed by atoms with Crippen LogP contribution in [0.1, 0.15) is 17.3 Å². The summed E-state index contributed by atoms with van der Waals surface area (Å²) in [7, 11) is -3.86. The van der Waals surface area contributed by atoms with E-state index < -0.39 is 15.8 Å². The van der Waals surface area contributed by atoms with Crippen molar-refractivity contribution in [1.82, 2.24) is 5.32 Å². The van der Waals surface area contributed by atoms with Gasteiger partial charge >= 0.3 is 0 Å². The van der Waals surface area contributed by atoms with Gasteiger partial charge in [-0.1, -0.05) is 0 Å². The average molecular weight is 459 g/mol. The Hall–Kier alpha value is -3.59. The summed E-state index contributed by atoms with van der Waals surface area (Å²) in [5, 5.41) is 2.71. The molecule has 32 heavy (non-hydrogen) atoms. The molecule has 0 heterocycles. The lowest BCUT2D eigenvalue weighted by atomic mass is 10.2. The SMILES string of the molecule is CCOc1ccc(OCCNC(=O)c2ccc(S(=O)(=O)Nc3ccc(F)cc3)cc2)cc1. The number of sulfonamides is 1. The van der Waals surface area contributed by atoms with Gasteiger partial charge in [0.1, 0.15) is 23.9 Å². The van der Waals surface area contributed by atoms with Crippen LogP contribution >= 0.6 is 0 Å². The molecule has 0 aliphatic rings. The summed E-state index contributed by atoms with van der Waals surface area (Å²) < 4.78 is 51.1. The van der Waals surface area contributed by atoms with Crippen molar-refractivity contribution in [2.24, 2.45) is 0 Å². The normalized spacial score (nSPS) is 10.9. The zero-order chi connectivity index (χ0) is 23.0. The largest absolute Gasteiger partial charge is 0.494 e. The molecule has 1 amide bonds. The molecule has 2 N–H and O–H groups in total. The fourth-order valence-corrected chi connectivity index (χ4v) is 3.81. The third-order valence-corrected chi connectivity index (χ3v) is 5.71. The Morgan fingerprint density at radius 2 is 1.47 bits per heavy atom. The summed E-state index contributed by atoms with van der Waals surface area (Å²) in [5.74, 6) is 0.598. The maximum atomic E-state index is 13.0. The molecule has 0 aliphatic heterocycles. The number of rotatable bonds is 10. The number of halogens is 1. The molecule has 0 aromatic heterocycles. The molecule has 0 saturated heterocycles. The highest BCUT2D eigenvalue weighted by Crippen LogP contribution is 2.18. The van der Waals surface area contributed by atoms with Crippen molar-refractivity contribution < 1.29 is 27.1 Å². The van der Waals surface area contributed by atoms with Crippen molar-refractivity contribution in [3.05, 3.63) is 84.2 Å². The van der Waals surface area contributed by atoms with E-state index in [0.29, 0.717) is 17.9 Å². The first-order chi connectivity index (χ1) is 15.4. The monoisotopic (exact) mass is 458 g/mol. The van der Waals surface area contributed by atoms with Crippen LogP contribution in [0.5, 0.6) is 11.5 Å². The maximum Gasteiger partial charge on any atom is 0.261 e. The van der Waals surface area contributed by atoms with Crippen molar-refractivity contribution >= 4 is 21.6 Å². The van der Waals surface area contributed by atoms with Crippen molar-refractivity contribution in [2.75, 3.05) is 24.5 Å². The average Bonchev–Trinajstić information content (AvgIpc) is 2.79. The maximum absolute atomic E-state index is 13.0. The standard InChI is InChI=1S/C23H23FN2O5S/c1-2-30-20-9-11-21(12-10-20)31-16-15-25-23(27)17-3-13-22(14-4-17)32(28,29)26-19-7-5-18(24)6-8-19/h3-14,26H,2,15-16H2,1H3,(H,25,27). The molecule has 0 aliphatic carbocycles. The number of ether oxygens (including phenoxy) is 2. The topological polar surface area (TPSA) is 93.7 Å². The Morgan fingerprint density at radius 1 is 0.875 bits per heavy atom. The minimum Gasteiger partial charge on any atom is -0.494 e. The molecule has 168 valence electrons. The molecule has 0 saturated carbocycles. The molecule has 0 spiro atoms. The first-order valence-electron chi connectivity index (χ1n) is 9.90. The number of anilines is 1. The Labute approximate surface area is 186 Å². The minimum absolute atomic E-state index is 0.0165. The van der Waals surface area contributed by atoms with Crippen LogP contribution in [0.25, 0.3) is 0 Å². The number of amides is 1. The Kier molecular flexibility index (Phi) is 7.67. The molecule has 3 aromatic carbocycles. The zero-order valence-corrected chi connectivity index (χ0v) is 18.2. The molecule has 9 heteroatoms. The lowest BCUT2D eigenvalue weighted by molar-refractivity contribution is 0.0947. The van der Waals surface area contributed by atoms with Gasteiger partial charge in [0, 0.05) is 11.3 Å². The summed E-state index contributed by atoms with van der Waals surface area (Å²) in [4.78, 5) is 12.3. The van der Waals surface area contributed by atoms with Crippen molar-refractivity contribution in [3.63, 3.8) is 0 Å². The second-order valence-electron chi connectivity index (χ2n) is 6.65. The summed E-state index contributed by atoms with van der Waals surface area (Å²) in [6.45, 7) is 3.04. The molecule has 7 nitrogen and oxygen atoms in total. The molecule has 3 aromatic rings. The van der Waals surface area contributed by atoms with Crippen LogP contribution in [-0.2, 0) is 10.0 Å². The van der Waals surface area contributed by atoms with Gasteiger partial charge in [0.15, 0.2) is 0 Å². The van der Waals surface area contributed by atoms with Gasteiger partial charge in [-0.15, -0.1) is 0 Å². The fraction of sp³-hybridized carbons (Fsp3) is 0.174. The third kappa shape index (κ3) is 6.45. The van der Waals surface area contributed by atoms with Gasteiger partial charge < -0.3 is 14.8 Å². The Bertz CT molecular complexity index is 1130. The molecular formula is C23H23FN2O5S.